The largest absolute Gasteiger partial charge is 0.379 e. The van der Waals surface area contributed by atoms with Crippen molar-refractivity contribution in [2.75, 3.05) is 39.4 Å². The zero-order valence-electron chi connectivity index (χ0n) is 11.8. The molecule has 1 fully saturated rings. The number of hydrogen-bond acceptors (Lipinski definition) is 3. The maximum Gasteiger partial charge on any atom is 0.318 e. The fourth-order valence-corrected chi connectivity index (χ4v) is 2.02. The summed E-state index contributed by atoms with van der Waals surface area (Å²) in [7, 11) is 0. The second-order valence-electron chi connectivity index (χ2n) is 4.71. The van der Waals surface area contributed by atoms with Crippen molar-refractivity contribution in [2.24, 2.45) is 0 Å². The molecular weight excluding hydrogens is 273 g/mol. The number of urea groups is 1. The number of nitrogens with zero attached hydrogens (tertiary/aromatic N) is 1. The molecule has 21 heavy (non-hydrogen) atoms. The summed E-state index contributed by atoms with van der Waals surface area (Å²) in [4.78, 5) is 13.8. The van der Waals surface area contributed by atoms with Crippen LogP contribution in [0.3, 0.4) is 0 Å². The lowest BCUT2D eigenvalue weighted by Gasteiger charge is -2.26. The minimum Gasteiger partial charge on any atom is -0.379 e. The van der Waals surface area contributed by atoms with E-state index in [-0.39, 0.29) is 11.8 Å². The zero-order valence-corrected chi connectivity index (χ0v) is 11.8. The lowest BCUT2D eigenvalue weighted by molar-refractivity contribution is 0.0387. The standard InChI is InChI=1S/C15H20FN3O2/c16-14-4-2-1-3-13(14)5-6-17-15(20)18-7-8-19-9-11-21-12-10-19/h1-6H,7-12H2,(H2,17,18,20)/b6-5+. The van der Waals surface area contributed by atoms with Gasteiger partial charge in [0.05, 0.1) is 13.2 Å². The lowest BCUT2D eigenvalue weighted by atomic mass is 10.2. The Balaban J connectivity index is 1.64. The molecule has 6 heteroatoms. The van der Waals surface area contributed by atoms with Crippen molar-refractivity contribution in [3.63, 3.8) is 0 Å². The maximum absolute atomic E-state index is 13.3. The number of ether oxygens (including phenoxy) is 1. The molecule has 1 aliphatic rings. The Morgan fingerprint density at radius 1 is 1.33 bits per heavy atom. The van der Waals surface area contributed by atoms with E-state index in [1.54, 1.807) is 18.2 Å². The van der Waals surface area contributed by atoms with Gasteiger partial charge in [-0.25, -0.2) is 9.18 Å². The Bertz CT molecular complexity index is 488. The van der Waals surface area contributed by atoms with Crippen LogP contribution in [0.25, 0.3) is 6.08 Å². The molecule has 1 aromatic rings. The normalized spacial score (nSPS) is 16.0. The SMILES string of the molecule is O=C(N/C=C/c1ccccc1F)NCCN1CCOCC1. The third-order valence-electron chi connectivity index (χ3n) is 3.20. The zero-order chi connectivity index (χ0) is 14.9. The van der Waals surface area contributed by atoms with Crippen molar-refractivity contribution in [2.45, 2.75) is 0 Å². The molecule has 2 N–H and O–H groups in total. The monoisotopic (exact) mass is 293 g/mol. The second kappa shape index (κ2) is 8.39. The van der Waals surface area contributed by atoms with Crippen LogP contribution in [0.2, 0.25) is 0 Å². The van der Waals surface area contributed by atoms with Crippen molar-refractivity contribution in [1.82, 2.24) is 15.5 Å². The van der Waals surface area contributed by atoms with Gasteiger partial charge in [0.1, 0.15) is 5.82 Å². The predicted molar refractivity (Wildman–Crippen MR) is 79.2 cm³/mol. The molecule has 1 aromatic carbocycles. The van der Waals surface area contributed by atoms with Crippen LogP contribution in [0.5, 0.6) is 0 Å². The van der Waals surface area contributed by atoms with E-state index in [0.29, 0.717) is 12.1 Å². The molecule has 0 radical (unpaired) electrons. The molecule has 1 saturated heterocycles. The molecule has 0 atom stereocenters. The minimum atomic E-state index is -0.316. The van der Waals surface area contributed by atoms with E-state index < -0.39 is 0 Å². The smallest absolute Gasteiger partial charge is 0.318 e. The highest BCUT2D eigenvalue weighted by atomic mass is 19.1. The first-order valence-electron chi connectivity index (χ1n) is 7.01. The molecule has 0 aliphatic carbocycles. The van der Waals surface area contributed by atoms with Crippen molar-refractivity contribution >= 4 is 12.1 Å². The molecule has 1 heterocycles. The van der Waals surface area contributed by atoms with Crippen LogP contribution in [0.15, 0.2) is 30.5 Å². The van der Waals surface area contributed by atoms with Gasteiger partial charge >= 0.3 is 6.03 Å². The fraction of sp³-hybridized carbons (Fsp3) is 0.400. The lowest BCUT2D eigenvalue weighted by Crippen LogP contribution is -2.42. The fourth-order valence-electron chi connectivity index (χ4n) is 2.02. The summed E-state index contributed by atoms with van der Waals surface area (Å²) >= 11 is 0. The first kappa shape index (κ1) is 15.5. The van der Waals surface area contributed by atoms with Crippen molar-refractivity contribution < 1.29 is 13.9 Å². The molecule has 2 amide bonds. The number of halogens is 1. The first-order chi connectivity index (χ1) is 10.3. The molecule has 0 bridgehead atoms. The third-order valence-corrected chi connectivity index (χ3v) is 3.20. The molecule has 0 saturated carbocycles. The highest BCUT2D eigenvalue weighted by molar-refractivity contribution is 5.75. The number of rotatable bonds is 5. The second-order valence-corrected chi connectivity index (χ2v) is 4.71. The molecule has 0 aromatic heterocycles. The van der Waals surface area contributed by atoms with E-state index in [2.05, 4.69) is 15.5 Å². The number of carbonyl (C=O) groups excluding carboxylic acids is 1. The minimum absolute atomic E-state index is 0.296. The molecular formula is C15H20FN3O2. The Morgan fingerprint density at radius 3 is 2.86 bits per heavy atom. The summed E-state index contributed by atoms with van der Waals surface area (Å²) in [5.41, 5.74) is 0.436. The van der Waals surface area contributed by atoms with Crippen molar-refractivity contribution in [1.29, 1.82) is 0 Å². The molecule has 114 valence electrons. The first-order valence-corrected chi connectivity index (χ1v) is 7.01. The number of nitrogens with one attached hydrogen (secondary N) is 2. The van der Waals surface area contributed by atoms with Gasteiger partial charge in [0, 0.05) is 37.9 Å². The van der Waals surface area contributed by atoms with E-state index in [9.17, 15) is 9.18 Å². The summed E-state index contributed by atoms with van der Waals surface area (Å²) in [5.74, 6) is -0.316. The van der Waals surface area contributed by atoms with E-state index >= 15 is 0 Å². The number of morpholine rings is 1. The van der Waals surface area contributed by atoms with E-state index in [1.807, 2.05) is 0 Å². The summed E-state index contributed by atoms with van der Waals surface area (Å²) in [6, 6.07) is 6.09. The van der Waals surface area contributed by atoms with Gasteiger partial charge in [-0.15, -0.1) is 0 Å². The van der Waals surface area contributed by atoms with E-state index in [0.717, 1.165) is 32.8 Å². The van der Waals surface area contributed by atoms with E-state index in [4.69, 9.17) is 4.74 Å². The Kier molecular flexibility index (Phi) is 6.18. The van der Waals surface area contributed by atoms with Crippen LogP contribution in [-0.2, 0) is 4.74 Å². The predicted octanol–water partition coefficient (Wildman–Crippen LogP) is 1.43. The van der Waals surface area contributed by atoms with Crippen LogP contribution in [0, 0.1) is 5.82 Å². The third kappa shape index (κ3) is 5.53. The average Bonchev–Trinajstić information content (AvgIpc) is 2.50. The molecule has 2 rings (SSSR count). The molecule has 5 nitrogen and oxygen atoms in total. The van der Waals surface area contributed by atoms with Crippen LogP contribution in [0.1, 0.15) is 5.56 Å². The quantitative estimate of drug-likeness (QED) is 0.863. The number of benzene rings is 1. The van der Waals surface area contributed by atoms with Gasteiger partial charge in [-0.1, -0.05) is 18.2 Å². The highest BCUT2D eigenvalue weighted by Gasteiger charge is 2.09. The van der Waals surface area contributed by atoms with Gasteiger partial charge in [0.25, 0.3) is 0 Å². The van der Waals surface area contributed by atoms with Gasteiger partial charge in [-0.3, -0.25) is 4.90 Å². The van der Waals surface area contributed by atoms with Crippen LogP contribution in [-0.4, -0.2) is 50.3 Å². The summed E-state index contributed by atoms with van der Waals surface area (Å²) in [6.07, 6.45) is 2.96. The van der Waals surface area contributed by atoms with Crippen LogP contribution in [0.4, 0.5) is 9.18 Å². The van der Waals surface area contributed by atoms with Gasteiger partial charge in [-0.05, 0) is 12.1 Å². The number of carbonyl (C=O) groups is 1. The Morgan fingerprint density at radius 2 is 2.10 bits per heavy atom. The van der Waals surface area contributed by atoms with Gasteiger partial charge in [0.2, 0.25) is 0 Å². The van der Waals surface area contributed by atoms with Crippen molar-refractivity contribution in [3.8, 4) is 0 Å². The van der Waals surface area contributed by atoms with Crippen LogP contribution < -0.4 is 10.6 Å². The summed E-state index contributed by atoms with van der Waals surface area (Å²) < 4.78 is 18.6. The Labute approximate surface area is 123 Å². The van der Waals surface area contributed by atoms with Gasteiger partial charge in [0.15, 0.2) is 0 Å². The van der Waals surface area contributed by atoms with Crippen molar-refractivity contribution in [3.05, 3.63) is 41.8 Å². The van der Waals surface area contributed by atoms with Gasteiger partial charge < -0.3 is 15.4 Å². The molecule has 0 unspecified atom stereocenters. The molecule has 1 aliphatic heterocycles. The summed E-state index contributed by atoms with van der Waals surface area (Å²) in [6.45, 7) is 4.66. The summed E-state index contributed by atoms with van der Waals surface area (Å²) in [5, 5.41) is 5.31. The topological polar surface area (TPSA) is 53.6 Å². The highest BCUT2D eigenvalue weighted by Crippen LogP contribution is 2.07. The molecule has 0 spiro atoms. The van der Waals surface area contributed by atoms with E-state index in [1.165, 1.54) is 18.3 Å². The van der Waals surface area contributed by atoms with Crippen LogP contribution >= 0.6 is 0 Å². The Hall–Kier alpha value is -1.92. The number of hydrogen-bond donors (Lipinski definition) is 2. The average molecular weight is 293 g/mol. The number of amides is 2. The maximum atomic E-state index is 13.3. The van der Waals surface area contributed by atoms with Gasteiger partial charge in [-0.2, -0.15) is 0 Å².